The van der Waals surface area contributed by atoms with E-state index in [2.05, 4.69) is 13.8 Å². The Morgan fingerprint density at radius 1 is 1.36 bits per heavy atom. The molecular weight excluding hydrogens is 276 g/mol. The van der Waals surface area contributed by atoms with Crippen LogP contribution in [-0.2, 0) is 9.53 Å². The second-order valence-electron chi connectivity index (χ2n) is 5.35. The quantitative estimate of drug-likeness (QED) is 0.341. The van der Waals surface area contributed by atoms with Gasteiger partial charge in [0.25, 0.3) is 0 Å². The third-order valence-electron chi connectivity index (χ3n) is 3.58. The molecule has 1 aromatic carbocycles. The van der Waals surface area contributed by atoms with Gasteiger partial charge in [-0.05, 0) is 36.1 Å². The van der Waals surface area contributed by atoms with Gasteiger partial charge in [0.05, 0.1) is 6.61 Å². The molecule has 0 aliphatic carbocycles. The molecule has 0 aliphatic rings. The average Bonchev–Trinajstić information content (AvgIpc) is 2.54. The summed E-state index contributed by atoms with van der Waals surface area (Å²) in [6.45, 7) is 4.60. The van der Waals surface area contributed by atoms with Crippen LogP contribution in [-0.4, -0.2) is 12.6 Å². The van der Waals surface area contributed by atoms with Crippen LogP contribution < -0.4 is 5.73 Å². The number of nitrogens with two attached hydrogens (primary N) is 1. The minimum absolute atomic E-state index is 0.00937. The molecule has 0 bridgehead atoms. The minimum Gasteiger partial charge on any atom is -0.461 e. The number of carbonyl (C=O) groups excluding carboxylic acids is 1. The van der Waals surface area contributed by atoms with E-state index >= 15 is 0 Å². The molecule has 0 saturated heterocycles. The first-order valence-electron chi connectivity index (χ1n) is 7.75. The topological polar surface area (TPSA) is 76.1 Å². The number of nitriles is 1. The number of ether oxygens (including phenoxy) is 1. The molecule has 2 N–H and O–H groups in total. The fourth-order valence-corrected chi connectivity index (χ4v) is 2.07. The molecule has 1 rings (SSSR count). The number of esters is 1. The summed E-state index contributed by atoms with van der Waals surface area (Å²) in [5.74, 6) is -0.199. The van der Waals surface area contributed by atoms with Crippen molar-refractivity contribution in [1.29, 1.82) is 5.26 Å². The summed E-state index contributed by atoms with van der Waals surface area (Å²) in [4.78, 5) is 12.0. The number of unbranched alkanes of at least 4 members (excludes halogenated alkanes) is 1. The van der Waals surface area contributed by atoms with Gasteiger partial charge in [0, 0.05) is 5.69 Å². The molecule has 1 aromatic rings. The van der Waals surface area contributed by atoms with Crippen molar-refractivity contribution in [2.75, 3.05) is 12.3 Å². The summed E-state index contributed by atoms with van der Waals surface area (Å²) in [5.41, 5.74) is 7.01. The summed E-state index contributed by atoms with van der Waals surface area (Å²) >= 11 is 0. The molecule has 0 fully saturated rings. The highest BCUT2D eigenvalue weighted by Crippen LogP contribution is 2.15. The summed E-state index contributed by atoms with van der Waals surface area (Å²) in [5, 5.41) is 9.13. The Morgan fingerprint density at radius 2 is 2.05 bits per heavy atom. The van der Waals surface area contributed by atoms with Gasteiger partial charge in [-0.3, -0.25) is 0 Å². The van der Waals surface area contributed by atoms with E-state index in [-0.39, 0.29) is 5.57 Å². The number of carbonyl (C=O) groups is 1. The van der Waals surface area contributed by atoms with Crippen LogP contribution >= 0.6 is 0 Å². The van der Waals surface area contributed by atoms with E-state index in [0.717, 1.165) is 31.2 Å². The van der Waals surface area contributed by atoms with Gasteiger partial charge in [-0.25, -0.2) is 4.79 Å². The van der Waals surface area contributed by atoms with E-state index in [4.69, 9.17) is 15.7 Å². The largest absolute Gasteiger partial charge is 0.461 e. The van der Waals surface area contributed by atoms with Crippen molar-refractivity contribution in [2.45, 2.75) is 39.5 Å². The molecule has 0 aromatic heterocycles. The molecular formula is C18H24N2O2. The number of benzene rings is 1. The fourth-order valence-electron chi connectivity index (χ4n) is 2.07. The van der Waals surface area contributed by atoms with Crippen molar-refractivity contribution in [3.8, 4) is 6.07 Å². The Bertz CT molecular complexity index is 541. The first-order valence-corrected chi connectivity index (χ1v) is 7.75. The lowest BCUT2D eigenvalue weighted by Gasteiger charge is -2.14. The maximum atomic E-state index is 12.0. The summed E-state index contributed by atoms with van der Waals surface area (Å²) in [6, 6.07) is 8.88. The van der Waals surface area contributed by atoms with Crippen LogP contribution in [0.4, 0.5) is 5.69 Å². The summed E-state index contributed by atoms with van der Waals surface area (Å²) < 4.78 is 5.29. The van der Waals surface area contributed by atoms with Gasteiger partial charge in [0.15, 0.2) is 0 Å². The van der Waals surface area contributed by atoms with Crippen molar-refractivity contribution in [3.05, 3.63) is 35.4 Å². The van der Waals surface area contributed by atoms with Crippen LogP contribution in [0.1, 0.15) is 45.1 Å². The van der Waals surface area contributed by atoms with Crippen LogP contribution in [0.2, 0.25) is 0 Å². The third-order valence-corrected chi connectivity index (χ3v) is 3.58. The van der Waals surface area contributed by atoms with E-state index in [9.17, 15) is 4.79 Å². The zero-order valence-corrected chi connectivity index (χ0v) is 13.3. The average molecular weight is 300 g/mol. The Morgan fingerprint density at radius 3 is 2.59 bits per heavy atom. The van der Waals surface area contributed by atoms with E-state index < -0.39 is 5.97 Å². The van der Waals surface area contributed by atoms with Crippen LogP contribution in [0.25, 0.3) is 6.08 Å². The normalized spacial score (nSPS) is 12.5. The fraction of sp³-hybridized carbons (Fsp3) is 0.444. The maximum absolute atomic E-state index is 12.0. The molecule has 22 heavy (non-hydrogen) atoms. The van der Waals surface area contributed by atoms with E-state index in [0.29, 0.717) is 18.2 Å². The lowest BCUT2D eigenvalue weighted by molar-refractivity contribution is -0.139. The molecule has 0 heterocycles. The minimum atomic E-state index is -0.561. The summed E-state index contributed by atoms with van der Waals surface area (Å²) in [7, 11) is 0. The highest BCUT2D eigenvalue weighted by molar-refractivity contribution is 5.97. The molecule has 1 unspecified atom stereocenters. The monoisotopic (exact) mass is 300 g/mol. The van der Waals surface area contributed by atoms with Gasteiger partial charge >= 0.3 is 5.97 Å². The van der Waals surface area contributed by atoms with Crippen LogP contribution in [0.3, 0.4) is 0 Å². The van der Waals surface area contributed by atoms with Crippen molar-refractivity contribution in [3.63, 3.8) is 0 Å². The first kappa shape index (κ1) is 17.8. The predicted molar refractivity (Wildman–Crippen MR) is 88.7 cm³/mol. The number of hydrogen-bond donors (Lipinski definition) is 1. The molecule has 0 radical (unpaired) electrons. The number of nitrogens with zero attached hydrogens (tertiary/aromatic N) is 1. The molecule has 0 saturated carbocycles. The standard InChI is InChI=1S/C18H24N2O2/c1-3-5-6-14(4-2)13-22-18(21)16(12-19)11-15-7-9-17(20)10-8-15/h7-11,14H,3-6,13,20H2,1-2H3/b16-11+. The first-order chi connectivity index (χ1) is 10.6. The Kier molecular flexibility index (Phi) is 7.77. The highest BCUT2D eigenvalue weighted by Gasteiger charge is 2.14. The Balaban J connectivity index is 2.64. The smallest absolute Gasteiger partial charge is 0.348 e. The Labute approximate surface area is 132 Å². The van der Waals surface area contributed by atoms with E-state index in [1.807, 2.05) is 6.07 Å². The van der Waals surface area contributed by atoms with Crippen LogP contribution in [0.5, 0.6) is 0 Å². The number of rotatable bonds is 8. The molecule has 118 valence electrons. The highest BCUT2D eigenvalue weighted by atomic mass is 16.5. The zero-order chi connectivity index (χ0) is 16.4. The molecule has 4 nitrogen and oxygen atoms in total. The number of anilines is 1. The maximum Gasteiger partial charge on any atom is 0.348 e. The van der Waals surface area contributed by atoms with Gasteiger partial charge in [-0.2, -0.15) is 5.26 Å². The van der Waals surface area contributed by atoms with Gasteiger partial charge in [-0.1, -0.05) is 45.2 Å². The van der Waals surface area contributed by atoms with Crippen molar-refractivity contribution < 1.29 is 9.53 Å². The predicted octanol–water partition coefficient (Wildman–Crippen LogP) is 3.94. The zero-order valence-electron chi connectivity index (χ0n) is 13.3. The van der Waals surface area contributed by atoms with Gasteiger partial charge in [0.1, 0.15) is 11.6 Å². The third kappa shape index (κ3) is 6.01. The number of nitrogen functional groups attached to an aromatic ring is 1. The number of hydrogen-bond acceptors (Lipinski definition) is 4. The SMILES string of the molecule is CCCCC(CC)COC(=O)/C(C#N)=C/c1ccc(N)cc1. The Hall–Kier alpha value is -2.28. The molecule has 0 amide bonds. The molecule has 4 heteroatoms. The molecule has 0 spiro atoms. The van der Waals surface area contributed by atoms with Gasteiger partial charge < -0.3 is 10.5 Å². The lowest BCUT2D eigenvalue weighted by atomic mass is 10.0. The van der Waals surface area contributed by atoms with Crippen LogP contribution in [0, 0.1) is 17.2 Å². The van der Waals surface area contributed by atoms with Crippen molar-refractivity contribution in [2.24, 2.45) is 5.92 Å². The van der Waals surface area contributed by atoms with E-state index in [1.165, 1.54) is 6.08 Å². The molecule has 0 aliphatic heterocycles. The van der Waals surface area contributed by atoms with Gasteiger partial charge in [0.2, 0.25) is 0 Å². The van der Waals surface area contributed by atoms with Crippen LogP contribution in [0.15, 0.2) is 29.8 Å². The van der Waals surface area contributed by atoms with Crippen molar-refractivity contribution in [1.82, 2.24) is 0 Å². The second-order valence-corrected chi connectivity index (χ2v) is 5.35. The summed E-state index contributed by atoms with van der Waals surface area (Å²) in [6.07, 6.45) is 5.79. The molecule has 1 atom stereocenters. The van der Waals surface area contributed by atoms with Crippen molar-refractivity contribution >= 4 is 17.7 Å². The second kappa shape index (κ2) is 9.62. The van der Waals surface area contributed by atoms with E-state index in [1.54, 1.807) is 24.3 Å². The van der Waals surface area contributed by atoms with Gasteiger partial charge in [-0.15, -0.1) is 0 Å². The lowest BCUT2D eigenvalue weighted by Crippen LogP contribution is -2.15.